The Labute approximate surface area is 131 Å². The smallest absolute Gasteiger partial charge is 0.134 e. The molecule has 0 unspecified atom stereocenters. The maximum atomic E-state index is 5.90. The highest BCUT2D eigenvalue weighted by molar-refractivity contribution is 6.30. The lowest BCUT2D eigenvalue weighted by molar-refractivity contribution is 0.565. The molecule has 0 atom stereocenters. The van der Waals surface area contributed by atoms with Crippen LogP contribution in [0.3, 0.4) is 0 Å². The van der Waals surface area contributed by atoms with Crippen molar-refractivity contribution in [3.63, 3.8) is 0 Å². The molecule has 112 valence electrons. The van der Waals surface area contributed by atoms with Gasteiger partial charge in [-0.15, -0.1) is 0 Å². The van der Waals surface area contributed by atoms with E-state index >= 15 is 0 Å². The van der Waals surface area contributed by atoms with Crippen molar-refractivity contribution in [1.82, 2.24) is 5.32 Å². The first kappa shape index (κ1) is 15.9. The van der Waals surface area contributed by atoms with E-state index in [1.807, 2.05) is 36.4 Å². The van der Waals surface area contributed by atoms with Gasteiger partial charge in [-0.25, -0.2) is 0 Å². The molecule has 0 spiro atoms. The van der Waals surface area contributed by atoms with Crippen LogP contribution >= 0.6 is 11.6 Å². The number of benzene rings is 1. The summed E-state index contributed by atoms with van der Waals surface area (Å²) in [5.41, 5.74) is 2.29. The normalized spacial score (nSPS) is 12.1. The molecular weight excluding hydrogens is 282 g/mol. The van der Waals surface area contributed by atoms with Gasteiger partial charge in [0.2, 0.25) is 0 Å². The van der Waals surface area contributed by atoms with Crippen molar-refractivity contribution >= 4 is 17.7 Å². The summed E-state index contributed by atoms with van der Waals surface area (Å²) in [4.78, 5) is 0. The van der Waals surface area contributed by atoms with E-state index in [1.54, 1.807) is 0 Å². The molecule has 0 aliphatic rings. The molecule has 1 aromatic heterocycles. The summed E-state index contributed by atoms with van der Waals surface area (Å²) >= 11 is 5.90. The summed E-state index contributed by atoms with van der Waals surface area (Å²) in [6.07, 6.45) is 2.08. The molecule has 1 N–H and O–H groups in total. The van der Waals surface area contributed by atoms with Crippen molar-refractivity contribution in [2.75, 3.05) is 13.1 Å². The van der Waals surface area contributed by atoms with E-state index < -0.39 is 0 Å². The number of halogens is 1. The van der Waals surface area contributed by atoms with Crippen molar-refractivity contribution in [3.8, 4) is 11.3 Å². The molecule has 3 heteroatoms. The lowest BCUT2D eigenvalue weighted by Gasteiger charge is -2.06. The van der Waals surface area contributed by atoms with Crippen LogP contribution in [-0.2, 0) is 0 Å². The highest BCUT2D eigenvalue weighted by atomic mass is 35.5. The first-order valence-electron chi connectivity index (χ1n) is 7.28. The quantitative estimate of drug-likeness (QED) is 0.788. The highest BCUT2D eigenvalue weighted by Gasteiger charge is 2.03. The average molecular weight is 304 g/mol. The van der Waals surface area contributed by atoms with Crippen molar-refractivity contribution < 1.29 is 4.42 Å². The Hall–Kier alpha value is -1.51. The molecule has 0 bridgehead atoms. The number of nitrogens with one attached hydrogen (secondary N) is 1. The maximum absolute atomic E-state index is 5.90. The minimum atomic E-state index is 0.665. The summed E-state index contributed by atoms with van der Waals surface area (Å²) in [6.45, 7) is 8.43. The van der Waals surface area contributed by atoms with E-state index in [9.17, 15) is 0 Å². The van der Waals surface area contributed by atoms with Crippen molar-refractivity contribution in [2.45, 2.75) is 20.8 Å². The Morgan fingerprint density at radius 2 is 1.90 bits per heavy atom. The second-order valence-corrected chi connectivity index (χ2v) is 6.16. The Morgan fingerprint density at radius 3 is 2.57 bits per heavy atom. The second-order valence-electron chi connectivity index (χ2n) is 5.72. The first-order chi connectivity index (χ1) is 10.0. The van der Waals surface area contributed by atoms with Gasteiger partial charge in [0.25, 0.3) is 0 Å². The fourth-order valence-corrected chi connectivity index (χ4v) is 2.18. The molecule has 2 rings (SSSR count). The minimum Gasteiger partial charge on any atom is -0.457 e. The van der Waals surface area contributed by atoms with Crippen LogP contribution in [-0.4, -0.2) is 13.1 Å². The SMILES string of the molecule is CC(=Cc1ccc(-c2ccc(Cl)cc2)o1)CNCC(C)C. The molecule has 2 nitrogen and oxygen atoms in total. The van der Waals surface area contributed by atoms with Crippen LogP contribution in [0.4, 0.5) is 0 Å². The van der Waals surface area contributed by atoms with Crippen LogP contribution in [0.15, 0.2) is 46.4 Å². The van der Waals surface area contributed by atoms with Gasteiger partial charge >= 0.3 is 0 Å². The molecular formula is C18H22ClNO. The number of hydrogen-bond acceptors (Lipinski definition) is 2. The fourth-order valence-electron chi connectivity index (χ4n) is 2.05. The van der Waals surface area contributed by atoms with E-state index in [2.05, 4.69) is 32.2 Å². The molecule has 0 fully saturated rings. The van der Waals surface area contributed by atoms with Gasteiger partial charge in [-0.05, 0) is 61.9 Å². The summed E-state index contributed by atoms with van der Waals surface area (Å²) < 4.78 is 5.86. The molecule has 0 saturated carbocycles. The Bertz CT molecular complexity index is 596. The molecule has 21 heavy (non-hydrogen) atoms. The Morgan fingerprint density at radius 1 is 1.19 bits per heavy atom. The van der Waals surface area contributed by atoms with Gasteiger partial charge < -0.3 is 9.73 Å². The molecule has 1 aromatic carbocycles. The maximum Gasteiger partial charge on any atom is 0.134 e. The summed E-state index contributed by atoms with van der Waals surface area (Å²) in [5, 5.41) is 4.16. The van der Waals surface area contributed by atoms with Crippen molar-refractivity contribution in [1.29, 1.82) is 0 Å². The Kier molecular flexibility index (Phi) is 5.66. The van der Waals surface area contributed by atoms with E-state index in [0.29, 0.717) is 5.92 Å². The van der Waals surface area contributed by atoms with Crippen molar-refractivity contribution in [3.05, 3.63) is 52.8 Å². The van der Waals surface area contributed by atoms with Gasteiger partial charge in [-0.2, -0.15) is 0 Å². The van der Waals surface area contributed by atoms with E-state index in [0.717, 1.165) is 35.2 Å². The van der Waals surface area contributed by atoms with Crippen LogP contribution in [0.2, 0.25) is 5.02 Å². The average Bonchev–Trinajstić information content (AvgIpc) is 2.87. The van der Waals surface area contributed by atoms with Crippen LogP contribution in [0, 0.1) is 5.92 Å². The molecule has 0 amide bonds. The van der Waals surface area contributed by atoms with Gasteiger partial charge in [0.05, 0.1) is 0 Å². The third-order valence-corrected chi connectivity index (χ3v) is 3.35. The summed E-state index contributed by atoms with van der Waals surface area (Å²) in [6, 6.07) is 11.7. The molecule has 0 saturated heterocycles. The van der Waals surface area contributed by atoms with Gasteiger partial charge in [-0.1, -0.05) is 31.0 Å². The predicted octanol–water partition coefficient (Wildman–Crippen LogP) is 5.25. The monoisotopic (exact) mass is 303 g/mol. The number of hydrogen-bond donors (Lipinski definition) is 1. The molecule has 0 aliphatic heterocycles. The van der Waals surface area contributed by atoms with Crippen LogP contribution in [0.1, 0.15) is 26.5 Å². The third kappa shape index (κ3) is 5.07. The molecule has 2 aromatic rings. The molecule has 1 heterocycles. The Balaban J connectivity index is 2.00. The standard InChI is InChI=1S/C18H22ClNO/c1-13(2)11-20-12-14(3)10-17-8-9-18(21-17)15-4-6-16(19)7-5-15/h4-10,13,20H,11-12H2,1-3H3. The largest absolute Gasteiger partial charge is 0.457 e. The molecule has 0 radical (unpaired) electrons. The zero-order valence-corrected chi connectivity index (χ0v) is 13.6. The predicted molar refractivity (Wildman–Crippen MR) is 90.5 cm³/mol. The van der Waals surface area contributed by atoms with Gasteiger partial charge in [0.15, 0.2) is 0 Å². The second kappa shape index (κ2) is 7.48. The van der Waals surface area contributed by atoms with Crippen LogP contribution in [0.5, 0.6) is 0 Å². The summed E-state index contributed by atoms with van der Waals surface area (Å²) in [7, 11) is 0. The van der Waals surface area contributed by atoms with E-state index in [4.69, 9.17) is 16.0 Å². The lowest BCUT2D eigenvalue weighted by Crippen LogP contribution is -2.21. The highest BCUT2D eigenvalue weighted by Crippen LogP contribution is 2.24. The third-order valence-electron chi connectivity index (χ3n) is 3.10. The van der Waals surface area contributed by atoms with Gasteiger partial charge in [0, 0.05) is 17.1 Å². The lowest BCUT2D eigenvalue weighted by atomic mass is 10.2. The minimum absolute atomic E-state index is 0.665. The first-order valence-corrected chi connectivity index (χ1v) is 7.66. The zero-order chi connectivity index (χ0) is 15.2. The zero-order valence-electron chi connectivity index (χ0n) is 12.8. The summed E-state index contributed by atoms with van der Waals surface area (Å²) in [5.74, 6) is 2.41. The van der Waals surface area contributed by atoms with Crippen molar-refractivity contribution in [2.24, 2.45) is 5.92 Å². The van der Waals surface area contributed by atoms with E-state index in [-0.39, 0.29) is 0 Å². The van der Waals surface area contributed by atoms with Crippen LogP contribution < -0.4 is 5.32 Å². The van der Waals surface area contributed by atoms with E-state index in [1.165, 1.54) is 5.57 Å². The fraction of sp³-hybridized carbons (Fsp3) is 0.333. The van der Waals surface area contributed by atoms with Gasteiger partial charge in [-0.3, -0.25) is 0 Å². The topological polar surface area (TPSA) is 25.2 Å². The number of rotatable bonds is 6. The van der Waals surface area contributed by atoms with Gasteiger partial charge in [0.1, 0.15) is 11.5 Å². The van der Waals surface area contributed by atoms with Crippen LogP contribution in [0.25, 0.3) is 17.4 Å². The molecule has 0 aliphatic carbocycles. The number of furan rings is 1.